The Hall–Kier alpha value is -0.870. The second-order valence-corrected chi connectivity index (χ2v) is 5.97. The van der Waals surface area contributed by atoms with Crippen molar-refractivity contribution in [3.63, 3.8) is 0 Å². The molecule has 1 aromatic rings. The molecule has 1 saturated heterocycles. The van der Waals surface area contributed by atoms with Gasteiger partial charge in [0.05, 0.1) is 12.0 Å². The van der Waals surface area contributed by atoms with Gasteiger partial charge in [0, 0.05) is 12.6 Å². The first-order chi connectivity index (χ1) is 8.59. The van der Waals surface area contributed by atoms with Gasteiger partial charge >= 0.3 is 0 Å². The average molecular weight is 267 g/mol. The van der Waals surface area contributed by atoms with E-state index in [0.717, 1.165) is 24.9 Å². The highest BCUT2D eigenvalue weighted by Crippen LogP contribution is 2.27. The number of carbonyl (C=O) groups excluding carboxylic acids is 1. The Morgan fingerprint density at radius 2 is 2.39 bits per heavy atom. The predicted octanol–water partition coefficient (Wildman–Crippen LogP) is 2.61. The molecule has 0 spiro atoms. The molecule has 4 heteroatoms. The van der Waals surface area contributed by atoms with E-state index in [9.17, 15) is 9.90 Å². The minimum absolute atomic E-state index is 0.0640. The Labute approximate surface area is 112 Å². The second kappa shape index (κ2) is 5.85. The average Bonchev–Trinajstić information content (AvgIpc) is 2.96. The lowest BCUT2D eigenvalue weighted by atomic mass is 10.0. The van der Waals surface area contributed by atoms with Crippen LogP contribution in [0.15, 0.2) is 16.8 Å². The summed E-state index contributed by atoms with van der Waals surface area (Å²) in [7, 11) is 0. The maximum Gasteiger partial charge on any atom is 0.230 e. The summed E-state index contributed by atoms with van der Waals surface area (Å²) in [5.41, 5.74) is 1.10. The van der Waals surface area contributed by atoms with E-state index in [4.69, 9.17) is 0 Å². The number of carbonyl (C=O) groups is 1. The summed E-state index contributed by atoms with van der Waals surface area (Å²) in [5, 5.41) is 13.6. The molecular formula is C14H21NO2S. The van der Waals surface area contributed by atoms with Gasteiger partial charge in [0.2, 0.25) is 5.91 Å². The zero-order chi connectivity index (χ0) is 13.1. The third-order valence-corrected chi connectivity index (χ3v) is 4.39. The third-order valence-electron chi connectivity index (χ3n) is 3.69. The van der Waals surface area contributed by atoms with Crippen molar-refractivity contribution in [2.24, 2.45) is 0 Å². The number of hydrogen-bond acceptors (Lipinski definition) is 3. The molecule has 100 valence electrons. The van der Waals surface area contributed by atoms with E-state index < -0.39 is 0 Å². The summed E-state index contributed by atoms with van der Waals surface area (Å²) in [6.07, 6.45) is 2.44. The lowest BCUT2D eigenvalue weighted by molar-refractivity contribution is -0.133. The molecule has 0 aromatic carbocycles. The van der Waals surface area contributed by atoms with Gasteiger partial charge in [0.25, 0.3) is 0 Å². The Kier molecular flexibility index (Phi) is 4.40. The number of thiophene rings is 1. The number of amides is 1. The van der Waals surface area contributed by atoms with Crippen LogP contribution in [-0.2, 0) is 4.79 Å². The SMILES string of the molecule is CC(O)CC1CCCN1C(=O)C(C)c1ccsc1. The number of nitrogens with zero attached hydrogens (tertiary/aromatic N) is 1. The molecule has 1 fully saturated rings. The molecule has 3 atom stereocenters. The first-order valence-corrected chi connectivity index (χ1v) is 7.54. The third kappa shape index (κ3) is 2.93. The van der Waals surface area contributed by atoms with Gasteiger partial charge in [-0.1, -0.05) is 0 Å². The Morgan fingerprint density at radius 1 is 1.61 bits per heavy atom. The van der Waals surface area contributed by atoms with Crippen molar-refractivity contribution in [2.45, 2.75) is 51.2 Å². The van der Waals surface area contributed by atoms with Gasteiger partial charge in [-0.2, -0.15) is 11.3 Å². The van der Waals surface area contributed by atoms with Crippen molar-refractivity contribution in [1.29, 1.82) is 0 Å². The number of hydrogen-bond donors (Lipinski definition) is 1. The molecule has 2 rings (SSSR count). The first kappa shape index (κ1) is 13.6. The smallest absolute Gasteiger partial charge is 0.230 e. The molecule has 18 heavy (non-hydrogen) atoms. The maximum absolute atomic E-state index is 12.5. The van der Waals surface area contributed by atoms with Crippen molar-refractivity contribution in [3.8, 4) is 0 Å². The van der Waals surface area contributed by atoms with Crippen molar-refractivity contribution < 1.29 is 9.90 Å². The summed E-state index contributed by atoms with van der Waals surface area (Å²) >= 11 is 1.63. The van der Waals surface area contributed by atoms with Crippen molar-refractivity contribution >= 4 is 17.2 Å². The normalized spacial score (nSPS) is 23.1. The Balaban J connectivity index is 2.03. The summed E-state index contributed by atoms with van der Waals surface area (Å²) in [5.74, 6) is 0.141. The molecule has 2 heterocycles. The molecule has 3 nitrogen and oxygen atoms in total. The molecule has 1 aliphatic heterocycles. The van der Waals surface area contributed by atoms with Crippen molar-refractivity contribution in [2.75, 3.05) is 6.54 Å². The highest BCUT2D eigenvalue weighted by molar-refractivity contribution is 7.08. The van der Waals surface area contributed by atoms with Crippen LogP contribution in [0, 0.1) is 0 Å². The Bertz CT molecular complexity index is 389. The van der Waals surface area contributed by atoms with Crippen LogP contribution in [0.4, 0.5) is 0 Å². The zero-order valence-corrected chi connectivity index (χ0v) is 11.8. The van der Waals surface area contributed by atoms with Gasteiger partial charge in [-0.15, -0.1) is 0 Å². The molecule has 0 radical (unpaired) electrons. The molecule has 1 aromatic heterocycles. The van der Waals surface area contributed by atoms with Gasteiger partial charge < -0.3 is 10.0 Å². The number of aliphatic hydroxyl groups excluding tert-OH is 1. The molecule has 1 amide bonds. The summed E-state index contributed by atoms with van der Waals surface area (Å²) in [6, 6.07) is 2.24. The van der Waals surface area contributed by atoms with Gasteiger partial charge in [0.1, 0.15) is 0 Å². The van der Waals surface area contributed by atoms with Gasteiger partial charge in [-0.05, 0) is 55.5 Å². The van der Waals surface area contributed by atoms with E-state index in [1.165, 1.54) is 0 Å². The van der Waals surface area contributed by atoms with Crippen LogP contribution in [0.3, 0.4) is 0 Å². The molecule has 3 unspecified atom stereocenters. The van der Waals surface area contributed by atoms with Gasteiger partial charge in [-0.25, -0.2) is 0 Å². The summed E-state index contributed by atoms with van der Waals surface area (Å²) in [4.78, 5) is 14.5. The molecule has 0 bridgehead atoms. The van der Waals surface area contributed by atoms with E-state index >= 15 is 0 Å². The minimum Gasteiger partial charge on any atom is -0.393 e. The number of rotatable bonds is 4. The quantitative estimate of drug-likeness (QED) is 0.911. The molecule has 0 aliphatic carbocycles. The first-order valence-electron chi connectivity index (χ1n) is 6.60. The van der Waals surface area contributed by atoms with Gasteiger partial charge in [-0.3, -0.25) is 4.79 Å². The number of aliphatic hydroxyl groups is 1. The standard InChI is InChI=1S/C14H21NO2S/c1-10(16)8-13-4-3-6-15(13)14(17)11(2)12-5-7-18-9-12/h5,7,9-11,13,16H,3-4,6,8H2,1-2H3. The van der Waals surface area contributed by atoms with E-state index in [0.29, 0.717) is 6.42 Å². The van der Waals surface area contributed by atoms with E-state index in [1.54, 1.807) is 18.3 Å². The van der Waals surface area contributed by atoms with E-state index in [-0.39, 0.29) is 24.0 Å². The predicted molar refractivity (Wildman–Crippen MR) is 73.8 cm³/mol. The zero-order valence-electron chi connectivity index (χ0n) is 11.0. The van der Waals surface area contributed by atoms with Crippen molar-refractivity contribution in [1.82, 2.24) is 4.90 Å². The van der Waals surface area contributed by atoms with Crippen molar-refractivity contribution in [3.05, 3.63) is 22.4 Å². The second-order valence-electron chi connectivity index (χ2n) is 5.19. The van der Waals surface area contributed by atoms with E-state index in [1.807, 2.05) is 28.7 Å². The monoisotopic (exact) mass is 267 g/mol. The largest absolute Gasteiger partial charge is 0.393 e. The minimum atomic E-state index is -0.333. The highest BCUT2D eigenvalue weighted by atomic mass is 32.1. The topological polar surface area (TPSA) is 40.5 Å². The highest BCUT2D eigenvalue weighted by Gasteiger charge is 2.32. The maximum atomic E-state index is 12.5. The molecular weight excluding hydrogens is 246 g/mol. The van der Waals surface area contributed by atoms with Crippen LogP contribution in [0.25, 0.3) is 0 Å². The summed E-state index contributed by atoms with van der Waals surface area (Å²) in [6.45, 7) is 4.61. The van der Waals surface area contributed by atoms with Crippen LogP contribution >= 0.6 is 11.3 Å². The fourth-order valence-electron chi connectivity index (χ4n) is 2.68. The summed E-state index contributed by atoms with van der Waals surface area (Å²) < 4.78 is 0. The lowest BCUT2D eigenvalue weighted by Crippen LogP contribution is -2.39. The van der Waals surface area contributed by atoms with Gasteiger partial charge in [0.15, 0.2) is 0 Å². The molecule has 1 aliphatic rings. The fraction of sp³-hybridized carbons (Fsp3) is 0.643. The lowest BCUT2D eigenvalue weighted by Gasteiger charge is -2.28. The number of likely N-dealkylation sites (tertiary alicyclic amines) is 1. The molecule has 0 saturated carbocycles. The van der Waals surface area contributed by atoms with Crippen LogP contribution in [0.1, 0.15) is 44.6 Å². The Morgan fingerprint density at radius 3 is 3.00 bits per heavy atom. The van der Waals surface area contributed by atoms with Crippen LogP contribution in [0.2, 0.25) is 0 Å². The van der Waals surface area contributed by atoms with E-state index in [2.05, 4.69) is 0 Å². The molecule has 1 N–H and O–H groups in total. The van der Waals surface area contributed by atoms with Crippen LogP contribution < -0.4 is 0 Å². The van der Waals surface area contributed by atoms with Crippen LogP contribution in [-0.4, -0.2) is 34.6 Å². The van der Waals surface area contributed by atoms with Crippen LogP contribution in [0.5, 0.6) is 0 Å². The fourth-order valence-corrected chi connectivity index (χ4v) is 3.43.